The number of aliphatic hydroxyl groups excluding tert-OH is 1. The van der Waals surface area contributed by atoms with Gasteiger partial charge in [0.05, 0.1) is 6.10 Å². The number of alkyl halides is 1. The first-order valence-electron chi connectivity index (χ1n) is 6.32. The van der Waals surface area contributed by atoms with Crippen molar-refractivity contribution in [2.75, 3.05) is 13.0 Å². The van der Waals surface area contributed by atoms with Gasteiger partial charge >= 0.3 is 0 Å². The second-order valence-electron chi connectivity index (χ2n) is 5.42. The summed E-state index contributed by atoms with van der Waals surface area (Å²) in [5.41, 5.74) is 0.756. The van der Waals surface area contributed by atoms with Crippen LogP contribution in [0.1, 0.15) is 20.3 Å². The summed E-state index contributed by atoms with van der Waals surface area (Å²) in [7, 11) is 1.57. The number of aliphatic hydroxyl groups is 1. The molecule has 2 saturated heterocycles. The van der Waals surface area contributed by atoms with Crippen LogP contribution in [-0.2, 0) is 18.9 Å². The highest BCUT2D eigenvalue weighted by atomic mass is 35.5. The highest BCUT2D eigenvalue weighted by molar-refractivity contribution is 6.19. The lowest BCUT2D eigenvalue weighted by Crippen LogP contribution is -2.42. The number of hydrogen-bond donors (Lipinski definition) is 1. The number of fused-ring (bicyclic) bond motifs is 1. The SMILES string of the molecule is C=C(CCl)CC(O)[C@H]1O[C@@H]2OC(C)(C)O[C@@H]2[C@H]1OC. The summed E-state index contributed by atoms with van der Waals surface area (Å²) in [6.45, 7) is 7.42. The molecule has 0 aromatic rings. The van der Waals surface area contributed by atoms with Gasteiger partial charge in [-0.15, -0.1) is 11.6 Å². The molecular weight excluding hydrogens is 272 g/mol. The van der Waals surface area contributed by atoms with Crippen molar-refractivity contribution in [2.45, 2.75) is 56.8 Å². The molecule has 110 valence electrons. The minimum Gasteiger partial charge on any atom is -0.390 e. The molecule has 0 amide bonds. The molecule has 0 aromatic heterocycles. The Kier molecular flexibility index (Phi) is 4.55. The third-order valence-electron chi connectivity index (χ3n) is 3.37. The van der Waals surface area contributed by atoms with Gasteiger partial charge in [-0.2, -0.15) is 0 Å². The van der Waals surface area contributed by atoms with E-state index in [0.717, 1.165) is 5.57 Å². The normalized spacial score (nSPS) is 38.2. The average molecular weight is 293 g/mol. The van der Waals surface area contributed by atoms with E-state index in [1.54, 1.807) is 7.11 Å². The van der Waals surface area contributed by atoms with E-state index in [1.165, 1.54) is 0 Å². The highest BCUT2D eigenvalue weighted by Gasteiger charge is 2.56. The van der Waals surface area contributed by atoms with Gasteiger partial charge in [0.1, 0.15) is 18.3 Å². The number of ether oxygens (including phenoxy) is 4. The summed E-state index contributed by atoms with van der Waals surface area (Å²) in [5.74, 6) is -0.379. The lowest BCUT2D eigenvalue weighted by atomic mass is 10.0. The predicted octanol–water partition coefficient (Wildman–Crippen LogP) is 1.42. The fourth-order valence-corrected chi connectivity index (χ4v) is 2.66. The van der Waals surface area contributed by atoms with Crippen molar-refractivity contribution in [2.24, 2.45) is 0 Å². The molecule has 0 saturated carbocycles. The average Bonchev–Trinajstić information content (AvgIpc) is 2.80. The van der Waals surface area contributed by atoms with Gasteiger partial charge in [0, 0.05) is 13.0 Å². The van der Waals surface area contributed by atoms with Crippen molar-refractivity contribution < 1.29 is 24.1 Å². The Hall–Kier alpha value is -0.170. The molecule has 2 rings (SSSR count). The van der Waals surface area contributed by atoms with Gasteiger partial charge in [0.25, 0.3) is 0 Å². The third kappa shape index (κ3) is 3.12. The molecule has 5 nitrogen and oxygen atoms in total. The maximum absolute atomic E-state index is 10.2. The number of rotatable bonds is 5. The standard InChI is InChI=1S/C13H21ClO5/c1-7(6-14)5-8(15)9-10(16-4)11-12(17-9)19-13(2,3)18-11/h8-12,15H,1,5-6H2,2-4H3/t8?,9-,10+,11-,12-/m1/s1. The molecule has 0 bridgehead atoms. The molecule has 0 spiro atoms. The Labute approximate surface area is 118 Å². The van der Waals surface area contributed by atoms with Crippen molar-refractivity contribution in [1.29, 1.82) is 0 Å². The predicted molar refractivity (Wildman–Crippen MR) is 70.0 cm³/mol. The van der Waals surface area contributed by atoms with Crippen molar-refractivity contribution in [3.63, 3.8) is 0 Å². The Morgan fingerprint density at radius 3 is 2.74 bits per heavy atom. The zero-order valence-corrected chi connectivity index (χ0v) is 12.2. The molecule has 1 unspecified atom stereocenters. The van der Waals surface area contributed by atoms with Gasteiger partial charge in [-0.3, -0.25) is 0 Å². The van der Waals surface area contributed by atoms with E-state index in [-0.39, 0.29) is 12.2 Å². The fraction of sp³-hybridized carbons (Fsp3) is 0.846. The number of hydrogen-bond acceptors (Lipinski definition) is 5. The topological polar surface area (TPSA) is 57.2 Å². The second kappa shape index (κ2) is 5.68. The molecule has 19 heavy (non-hydrogen) atoms. The van der Waals surface area contributed by atoms with Crippen LogP contribution in [0, 0.1) is 0 Å². The zero-order chi connectivity index (χ0) is 14.2. The van der Waals surface area contributed by atoms with Gasteiger partial charge in [-0.25, -0.2) is 0 Å². The van der Waals surface area contributed by atoms with Crippen molar-refractivity contribution >= 4 is 11.6 Å². The maximum Gasteiger partial charge on any atom is 0.190 e. The number of halogens is 1. The molecule has 2 aliphatic rings. The van der Waals surface area contributed by atoms with Gasteiger partial charge in [0.2, 0.25) is 0 Å². The quantitative estimate of drug-likeness (QED) is 0.613. The molecular formula is C13H21ClO5. The Bertz CT molecular complexity index is 346. The minimum atomic E-state index is -0.739. The monoisotopic (exact) mass is 292 g/mol. The van der Waals surface area contributed by atoms with E-state index in [4.69, 9.17) is 30.5 Å². The largest absolute Gasteiger partial charge is 0.390 e. The van der Waals surface area contributed by atoms with Crippen LogP contribution in [0.3, 0.4) is 0 Å². The molecule has 0 radical (unpaired) electrons. The lowest BCUT2D eigenvalue weighted by molar-refractivity contribution is -0.227. The molecule has 1 N–H and O–H groups in total. The van der Waals surface area contributed by atoms with Crippen LogP contribution < -0.4 is 0 Å². The zero-order valence-electron chi connectivity index (χ0n) is 11.5. The summed E-state index contributed by atoms with van der Waals surface area (Å²) in [5, 5.41) is 10.2. The third-order valence-corrected chi connectivity index (χ3v) is 3.74. The molecule has 0 aromatic carbocycles. The smallest absolute Gasteiger partial charge is 0.190 e. The van der Waals surface area contributed by atoms with Gasteiger partial charge < -0.3 is 24.1 Å². The molecule has 5 atom stereocenters. The Morgan fingerprint density at radius 1 is 1.47 bits per heavy atom. The molecule has 2 aliphatic heterocycles. The van der Waals surface area contributed by atoms with E-state index in [0.29, 0.717) is 12.3 Å². The van der Waals surface area contributed by atoms with E-state index in [1.807, 2.05) is 13.8 Å². The second-order valence-corrected chi connectivity index (χ2v) is 5.69. The summed E-state index contributed by atoms with van der Waals surface area (Å²) >= 11 is 5.67. The molecule has 2 heterocycles. The fourth-order valence-electron chi connectivity index (χ4n) is 2.55. The van der Waals surface area contributed by atoms with Crippen LogP contribution in [0.15, 0.2) is 12.2 Å². The van der Waals surface area contributed by atoms with E-state index in [9.17, 15) is 5.11 Å². The first-order valence-corrected chi connectivity index (χ1v) is 6.86. The first-order chi connectivity index (χ1) is 8.88. The summed E-state index contributed by atoms with van der Waals surface area (Å²) in [6, 6.07) is 0. The summed E-state index contributed by atoms with van der Waals surface area (Å²) < 4.78 is 22.5. The van der Waals surface area contributed by atoms with Crippen molar-refractivity contribution in [3.8, 4) is 0 Å². The van der Waals surface area contributed by atoms with Crippen LogP contribution in [0.2, 0.25) is 0 Å². The van der Waals surface area contributed by atoms with E-state index >= 15 is 0 Å². The highest BCUT2D eigenvalue weighted by Crippen LogP contribution is 2.39. The van der Waals surface area contributed by atoms with Crippen molar-refractivity contribution in [3.05, 3.63) is 12.2 Å². The van der Waals surface area contributed by atoms with Crippen LogP contribution >= 0.6 is 11.6 Å². The Balaban J connectivity index is 2.03. The maximum atomic E-state index is 10.2. The van der Waals surface area contributed by atoms with Gasteiger partial charge in [-0.1, -0.05) is 12.2 Å². The van der Waals surface area contributed by atoms with E-state index < -0.39 is 24.3 Å². The van der Waals surface area contributed by atoms with Crippen LogP contribution in [0.25, 0.3) is 0 Å². The van der Waals surface area contributed by atoms with Crippen LogP contribution in [0.5, 0.6) is 0 Å². The number of methoxy groups -OCH3 is 1. The van der Waals surface area contributed by atoms with Gasteiger partial charge in [-0.05, 0) is 20.3 Å². The van der Waals surface area contributed by atoms with E-state index in [2.05, 4.69) is 6.58 Å². The van der Waals surface area contributed by atoms with Crippen LogP contribution in [-0.4, -0.2) is 54.6 Å². The molecule has 6 heteroatoms. The molecule has 2 fully saturated rings. The first kappa shape index (κ1) is 15.2. The molecule has 0 aliphatic carbocycles. The summed E-state index contributed by atoms with van der Waals surface area (Å²) in [4.78, 5) is 0. The lowest BCUT2D eigenvalue weighted by Gasteiger charge is -2.27. The minimum absolute atomic E-state index is 0.314. The van der Waals surface area contributed by atoms with Crippen LogP contribution in [0.4, 0.5) is 0 Å². The Morgan fingerprint density at radius 2 is 2.16 bits per heavy atom. The summed E-state index contributed by atoms with van der Waals surface area (Å²) in [6.07, 6.45) is -2.08. The van der Waals surface area contributed by atoms with Crippen molar-refractivity contribution in [1.82, 2.24) is 0 Å². The van der Waals surface area contributed by atoms with Gasteiger partial charge in [0.15, 0.2) is 12.1 Å².